The molecule has 0 spiro atoms. The number of pyridine rings is 2. The van der Waals surface area contributed by atoms with Gasteiger partial charge in [0.05, 0.1) is 16.6 Å². The number of amides is 1. The Bertz CT molecular complexity index is 1060. The van der Waals surface area contributed by atoms with Crippen molar-refractivity contribution in [2.45, 2.75) is 51.0 Å². The Balaban J connectivity index is 1.68. The van der Waals surface area contributed by atoms with Crippen LogP contribution >= 0.6 is 0 Å². The number of rotatable bonds is 6. The van der Waals surface area contributed by atoms with Crippen LogP contribution in [0, 0.1) is 6.92 Å². The summed E-state index contributed by atoms with van der Waals surface area (Å²) in [6, 6.07) is 3.83. The maximum atomic E-state index is 11.7. The van der Waals surface area contributed by atoms with E-state index in [2.05, 4.69) is 19.9 Å². The summed E-state index contributed by atoms with van der Waals surface area (Å²) in [5.41, 5.74) is 8.93. The van der Waals surface area contributed by atoms with Gasteiger partial charge in [0.15, 0.2) is 5.82 Å². The topological polar surface area (TPSA) is 115 Å². The zero-order chi connectivity index (χ0) is 19.9. The van der Waals surface area contributed by atoms with E-state index in [-0.39, 0.29) is 5.91 Å². The molecule has 0 saturated heterocycles. The van der Waals surface area contributed by atoms with Gasteiger partial charge in [-0.05, 0) is 38.3 Å². The van der Waals surface area contributed by atoms with Gasteiger partial charge in [0, 0.05) is 40.8 Å². The van der Waals surface area contributed by atoms with Gasteiger partial charge in [-0.1, -0.05) is 13.3 Å². The quantitative estimate of drug-likeness (QED) is 0.682. The fourth-order valence-corrected chi connectivity index (χ4v) is 3.52. The normalized spacial score (nSPS) is 16.1. The molecular formula is C21H23N5O2. The molecule has 144 valence electrons. The van der Waals surface area contributed by atoms with E-state index in [0.717, 1.165) is 47.0 Å². The first-order valence-electron chi connectivity index (χ1n) is 9.53. The monoisotopic (exact) mass is 377 g/mol. The van der Waals surface area contributed by atoms with Crippen LogP contribution in [0.5, 0.6) is 0 Å². The van der Waals surface area contributed by atoms with Gasteiger partial charge in [-0.15, -0.1) is 0 Å². The van der Waals surface area contributed by atoms with Crippen molar-refractivity contribution in [3.05, 3.63) is 47.9 Å². The Morgan fingerprint density at radius 1 is 1.21 bits per heavy atom. The number of primary amides is 1. The second-order valence-corrected chi connectivity index (χ2v) is 7.46. The number of hydrogen-bond donors (Lipinski definition) is 2. The van der Waals surface area contributed by atoms with Crippen LogP contribution in [0.15, 0.2) is 30.7 Å². The first kappa shape index (κ1) is 18.4. The van der Waals surface area contributed by atoms with E-state index in [1.165, 1.54) is 0 Å². The molecule has 1 amide bonds. The molecule has 7 nitrogen and oxygen atoms in total. The minimum Gasteiger partial charge on any atom is -0.385 e. The third-order valence-corrected chi connectivity index (χ3v) is 5.45. The largest absolute Gasteiger partial charge is 0.385 e. The molecule has 0 aliphatic heterocycles. The average molecular weight is 377 g/mol. The molecule has 0 aromatic carbocycles. The summed E-state index contributed by atoms with van der Waals surface area (Å²) >= 11 is 0. The summed E-state index contributed by atoms with van der Waals surface area (Å²) in [6.07, 6.45) is 7.58. The molecule has 1 saturated carbocycles. The van der Waals surface area contributed by atoms with Crippen LogP contribution in [-0.4, -0.2) is 30.9 Å². The van der Waals surface area contributed by atoms with Gasteiger partial charge in [0.2, 0.25) is 5.91 Å². The molecule has 0 bridgehead atoms. The summed E-state index contributed by atoms with van der Waals surface area (Å²) in [6.45, 7) is 3.91. The average Bonchev–Trinajstić information content (AvgIpc) is 3.49. The predicted octanol–water partition coefficient (Wildman–Crippen LogP) is 2.75. The van der Waals surface area contributed by atoms with Gasteiger partial charge >= 0.3 is 0 Å². The standard InChI is InChI=1S/C21H23N5O2/c1-3-4-17(27)19-25-11-15(12(2)26-19)13-7-14-10-24-18(8-16(14)23-9-13)21(5-6-21)20(22)28/h7-11,17,27H,3-6H2,1-2H3,(H2,22,28)/t17-/m1/s1. The summed E-state index contributed by atoms with van der Waals surface area (Å²) < 4.78 is 0. The van der Waals surface area contributed by atoms with Crippen LogP contribution in [0.4, 0.5) is 0 Å². The van der Waals surface area contributed by atoms with Crippen LogP contribution in [0.1, 0.15) is 55.9 Å². The van der Waals surface area contributed by atoms with E-state index in [9.17, 15) is 9.90 Å². The highest BCUT2D eigenvalue weighted by Crippen LogP contribution is 2.47. The molecule has 3 N–H and O–H groups in total. The van der Waals surface area contributed by atoms with Gasteiger partial charge in [-0.25, -0.2) is 9.97 Å². The molecule has 7 heteroatoms. The summed E-state index contributed by atoms with van der Waals surface area (Å²) in [4.78, 5) is 29.6. The molecule has 3 aromatic rings. The third kappa shape index (κ3) is 3.11. The molecule has 4 rings (SSSR count). The van der Waals surface area contributed by atoms with E-state index in [1.807, 2.05) is 26.0 Å². The molecule has 3 aromatic heterocycles. The van der Waals surface area contributed by atoms with Gasteiger partial charge in [-0.3, -0.25) is 14.8 Å². The Hall–Kier alpha value is -2.93. The van der Waals surface area contributed by atoms with Crippen LogP contribution in [0.25, 0.3) is 22.0 Å². The number of aliphatic hydroxyl groups excluding tert-OH is 1. The fraction of sp³-hybridized carbons (Fsp3) is 0.381. The van der Waals surface area contributed by atoms with Gasteiger partial charge in [-0.2, -0.15) is 0 Å². The zero-order valence-electron chi connectivity index (χ0n) is 16.0. The predicted molar refractivity (Wildman–Crippen MR) is 105 cm³/mol. The zero-order valence-corrected chi connectivity index (χ0v) is 16.0. The van der Waals surface area contributed by atoms with Crippen molar-refractivity contribution in [2.24, 2.45) is 5.73 Å². The first-order valence-corrected chi connectivity index (χ1v) is 9.53. The number of fused-ring (bicyclic) bond motifs is 1. The molecule has 0 unspecified atom stereocenters. The smallest absolute Gasteiger partial charge is 0.229 e. The minimum atomic E-state index is -0.643. The molecule has 1 aliphatic carbocycles. The van der Waals surface area contributed by atoms with Gasteiger partial charge in [0.25, 0.3) is 0 Å². The Morgan fingerprint density at radius 3 is 2.64 bits per heavy atom. The van der Waals surface area contributed by atoms with Crippen LogP contribution < -0.4 is 5.73 Å². The van der Waals surface area contributed by atoms with E-state index in [0.29, 0.717) is 17.9 Å². The van der Waals surface area contributed by atoms with Crippen LogP contribution in [-0.2, 0) is 10.2 Å². The van der Waals surface area contributed by atoms with Crippen molar-refractivity contribution in [3.63, 3.8) is 0 Å². The van der Waals surface area contributed by atoms with Crippen LogP contribution in [0.2, 0.25) is 0 Å². The Labute approximate surface area is 163 Å². The summed E-state index contributed by atoms with van der Waals surface area (Å²) in [5.74, 6) is 0.124. The van der Waals surface area contributed by atoms with Crippen molar-refractivity contribution in [1.82, 2.24) is 19.9 Å². The highest BCUT2D eigenvalue weighted by atomic mass is 16.3. The molecule has 1 atom stereocenters. The molecule has 0 radical (unpaired) electrons. The lowest BCUT2D eigenvalue weighted by Gasteiger charge is -2.12. The fourth-order valence-electron chi connectivity index (χ4n) is 3.52. The number of aliphatic hydroxyl groups is 1. The highest BCUT2D eigenvalue weighted by molar-refractivity contribution is 5.91. The lowest BCUT2D eigenvalue weighted by molar-refractivity contribution is -0.120. The van der Waals surface area contributed by atoms with E-state index < -0.39 is 11.5 Å². The van der Waals surface area contributed by atoms with E-state index in [4.69, 9.17) is 5.73 Å². The molecule has 1 fully saturated rings. The Morgan fingerprint density at radius 2 is 2.00 bits per heavy atom. The summed E-state index contributed by atoms with van der Waals surface area (Å²) in [7, 11) is 0. The summed E-state index contributed by atoms with van der Waals surface area (Å²) in [5, 5.41) is 11.0. The molecule has 1 aliphatic rings. The Kier molecular flexibility index (Phi) is 4.55. The lowest BCUT2D eigenvalue weighted by atomic mass is 9.99. The lowest BCUT2D eigenvalue weighted by Crippen LogP contribution is -2.29. The molecule has 3 heterocycles. The highest BCUT2D eigenvalue weighted by Gasteiger charge is 2.51. The second kappa shape index (κ2) is 6.91. The number of nitrogens with two attached hydrogens (primary N) is 1. The molecule has 28 heavy (non-hydrogen) atoms. The minimum absolute atomic E-state index is 0.325. The number of carbonyl (C=O) groups is 1. The van der Waals surface area contributed by atoms with Crippen molar-refractivity contribution in [1.29, 1.82) is 0 Å². The first-order chi connectivity index (χ1) is 13.4. The van der Waals surface area contributed by atoms with Crippen LogP contribution in [0.3, 0.4) is 0 Å². The third-order valence-electron chi connectivity index (χ3n) is 5.45. The number of hydrogen-bond acceptors (Lipinski definition) is 6. The number of carbonyl (C=O) groups excluding carboxylic acids is 1. The van der Waals surface area contributed by atoms with Gasteiger partial charge < -0.3 is 10.8 Å². The van der Waals surface area contributed by atoms with E-state index >= 15 is 0 Å². The van der Waals surface area contributed by atoms with E-state index in [1.54, 1.807) is 18.6 Å². The van der Waals surface area contributed by atoms with Gasteiger partial charge in [0.1, 0.15) is 6.10 Å². The number of aryl methyl sites for hydroxylation is 1. The van der Waals surface area contributed by atoms with Crippen molar-refractivity contribution >= 4 is 16.8 Å². The SMILES string of the molecule is CCC[C@@H](O)c1ncc(-c2cnc3cc(C4(C(N)=O)CC4)ncc3c2)c(C)n1. The number of nitrogens with zero attached hydrogens (tertiary/aromatic N) is 4. The van der Waals surface area contributed by atoms with Crippen molar-refractivity contribution < 1.29 is 9.90 Å². The second-order valence-electron chi connectivity index (χ2n) is 7.46. The van der Waals surface area contributed by atoms with Crippen molar-refractivity contribution in [2.75, 3.05) is 0 Å². The maximum Gasteiger partial charge on any atom is 0.229 e. The molecular weight excluding hydrogens is 354 g/mol. The maximum absolute atomic E-state index is 11.7. The number of aromatic nitrogens is 4. The van der Waals surface area contributed by atoms with Crippen molar-refractivity contribution in [3.8, 4) is 11.1 Å².